The zero-order chi connectivity index (χ0) is 14.8. The largest absolute Gasteiger partial charge is 0.472 e. The van der Waals surface area contributed by atoms with E-state index in [1.165, 1.54) is 0 Å². The lowest BCUT2D eigenvalue weighted by Crippen LogP contribution is -2.39. The fourth-order valence-electron chi connectivity index (χ4n) is 2.17. The molecule has 112 valence electrons. The van der Waals surface area contributed by atoms with Gasteiger partial charge in [0.15, 0.2) is 0 Å². The quantitative estimate of drug-likeness (QED) is 0.853. The molecule has 5 heteroatoms. The third kappa shape index (κ3) is 4.00. The molecule has 1 fully saturated rings. The average molecular weight is 281 g/mol. The minimum atomic E-state index is -0.465. The van der Waals surface area contributed by atoms with Crippen molar-refractivity contribution in [3.05, 3.63) is 24.2 Å². The van der Waals surface area contributed by atoms with Crippen LogP contribution in [0, 0.1) is 0 Å². The lowest BCUT2D eigenvalue weighted by atomic mass is 10.1. The molecule has 2 heterocycles. The molecule has 5 nitrogen and oxygen atoms in total. The van der Waals surface area contributed by atoms with Gasteiger partial charge in [-0.3, -0.25) is 0 Å². The van der Waals surface area contributed by atoms with Gasteiger partial charge in [0.25, 0.3) is 0 Å². The Balaban J connectivity index is 1.85. The fourth-order valence-corrected chi connectivity index (χ4v) is 2.17. The highest BCUT2D eigenvalue weighted by molar-refractivity contribution is 5.68. The van der Waals surface area contributed by atoms with Crippen LogP contribution in [0.4, 0.5) is 4.79 Å². The maximum atomic E-state index is 12.0. The van der Waals surface area contributed by atoms with Crippen molar-refractivity contribution >= 4 is 6.09 Å². The average Bonchev–Trinajstić information content (AvgIpc) is 2.94. The first kappa shape index (κ1) is 14.9. The van der Waals surface area contributed by atoms with E-state index in [1.807, 2.05) is 33.8 Å². The summed E-state index contributed by atoms with van der Waals surface area (Å²) in [5.41, 5.74) is 0.212. The molecule has 1 aromatic rings. The summed E-state index contributed by atoms with van der Waals surface area (Å²) >= 11 is 0. The number of carbonyl (C=O) groups is 1. The van der Waals surface area contributed by atoms with Crippen molar-refractivity contribution in [3.63, 3.8) is 0 Å². The molecule has 20 heavy (non-hydrogen) atoms. The first-order valence-electron chi connectivity index (χ1n) is 6.90. The SMILES string of the molecule is CC(C)(C)OC(=O)N1CCC(C)(OCc2ccoc2)C1. The predicted molar refractivity (Wildman–Crippen MR) is 74.3 cm³/mol. The first-order chi connectivity index (χ1) is 9.27. The van der Waals surface area contributed by atoms with E-state index >= 15 is 0 Å². The van der Waals surface area contributed by atoms with E-state index < -0.39 is 5.60 Å². The second-order valence-corrected chi connectivity index (χ2v) is 6.52. The van der Waals surface area contributed by atoms with Gasteiger partial charge >= 0.3 is 6.09 Å². The lowest BCUT2D eigenvalue weighted by Gasteiger charge is -2.27. The molecule has 1 saturated heterocycles. The highest BCUT2D eigenvalue weighted by Gasteiger charge is 2.38. The van der Waals surface area contributed by atoms with Gasteiger partial charge in [0.2, 0.25) is 0 Å². The second kappa shape index (κ2) is 5.48. The molecule has 0 N–H and O–H groups in total. The summed E-state index contributed by atoms with van der Waals surface area (Å²) in [6.45, 7) is 9.35. The molecule has 1 aliphatic rings. The summed E-state index contributed by atoms with van der Waals surface area (Å²) in [6.07, 6.45) is 3.84. The molecule has 0 aliphatic carbocycles. The van der Waals surface area contributed by atoms with E-state index in [-0.39, 0.29) is 11.7 Å². The minimum absolute atomic E-state index is 0.270. The molecular formula is C15H23NO4. The van der Waals surface area contributed by atoms with Crippen LogP contribution in [0.2, 0.25) is 0 Å². The number of amides is 1. The number of ether oxygens (including phenoxy) is 2. The highest BCUT2D eigenvalue weighted by Crippen LogP contribution is 2.27. The van der Waals surface area contributed by atoms with Gasteiger partial charge in [-0.05, 0) is 40.2 Å². The van der Waals surface area contributed by atoms with Gasteiger partial charge in [-0.25, -0.2) is 4.79 Å². The molecule has 1 unspecified atom stereocenters. The number of rotatable bonds is 3. The molecule has 1 aromatic heterocycles. The van der Waals surface area contributed by atoms with E-state index in [2.05, 4.69) is 0 Å². The zero-order valence-corrected chi connectivity index (χ0v) is 12.6. The van der Waals surface area contributed by atoms with Crippen molar-refractivity contribution in [2.45, 2.75) is 51.9 Å². The third-order valence-corrected chi connectivity index (χ3v) is 3.25. The Bertz CT molecular complexity index is 449. The van der Waals surface area contributed by atoms with Crippen molar-refractivity contribution in [1.82, 2.24) is 4.90 Å². The summed E-state index contributed by atoms with van der Waals surface area (Å²) < 4.78 is 16.3. The van der Waals surface area contributed by atoms with Crippen LogP contribution in [0.25, 0.3) is 0 Å². The first-order valence-corrected chi connectivity index (χ1v) is 6.90. The van der Waals surface area contributed by atoms with Crippen LogP contribution in [0.5, 0.6) is 0 Å². The Morgan fingerprint density at radius 3 is 2.85 bits per heavy atom. The summed E-state index contributed by atoms with van der Waals surface area (Å²) in [4.78, 5) is 13.7. The van der Waals surface area contributed by atoms with Crippen molar-refractivity contribution in [3.8, 4) is 0 Å². The van der Waals surface area contributed by atoms with Crippen molar-refractivity contribution in [1.29, 1.82) is 0 Å². The normalized spacial score (nSPS) is 23.1. The van der Waals surface area contributed by atoms with Crippen molar-refractivity contribution in [2.24, 2.45) is 0 Å². The number of nitrogens with zero attached hydrogens (tertiary/aromatic N) is 1. The number of hydrogen-bond acceptors (Lipinski definition) is 4. The lowest BCUT2D eigenvalue weighted by molar-refractivity contribution is -0.0375. The number of hydrogen-bond donors (Lipinski definition) is 0. The molecule has 0 bridgehead atoms. The molecular weight excluding hydrogens is 258 g/mol. The smallest absolute Gasteiger partial charge is 0.410 e. The molecule has 0 spiro atoms. The predicted octanol–water partition coefficient (Wildman–Crippen LogP) is 3.20. The zero-order valence-electron chi connectivity index (χ0n) is 12.6. The number of furan rings is 1. The van der Waals surface area contributed by atoms with Gasteiger partial charge in [0.1, 0.15) is 5.60 Å². The maximum Gasteiger partial charge on any atom is 0.410 e. The van der Waals surface area contributed by atoms with Crippen LogP contribution in [-0.4, -0.2) is 35.3 Å². The van der Waals surface area contributed by atoms with Gasteiger partial charge in [-0.15, -0.1) is 0 Å². The van der Waals surface area contributed by atoms with E-state index in [1.54, 1.807) is 17.4 Å². The standard InChI is InChI=1S/C15H23NO4/c1-14(2,3)20-13(17)16-7-6-15(4,11-16)19-10-12-5-8-18-9-12/h5,8-9H,6-7,10-11H2,1-4H3. The van der Waals surface area contributed by atoms with Crippen LogP contribution in [0.3, 0.4) is 0 Å². The van der Waals surface area contributed by atoms with Gasteiger partial charge < -0.3 is 18.8 Å². The van der Waals surface area contributed by atoms with Crippen LogP contribution in [0.1, 0.15) is 39.7 Å². The van der Waals surface area contributed by atoms with Crippen LogP contribution in [0.15, 0.2) is 23.0 Å². The Labute approximate surface area is 119 Å². The maximum absolute atomic E-state index is 12.0. The Kier molecular flexibility index (Phi) is 4.09. The van der Waals surface area contributed by atoms with Crippen molar-refractivity contribution in [2.75, 3.05) is 13.1 Å². The van der Waals surface area contributed by atoms with Gasteiger partial charge in [-0.2, -0.15) is 0 Å². The van der Waals surface area contributed by atoms with Gasteiger partial charge in [-0.1, -0.05) is 0 Å². The monoisotopic (exact) mass is 281 g/mol. The Hall–Kier alpha value is -1.49. The molecule has 1 aliphatic heterocycles. The molecule has 1 amide bonds. The van der Waals surface area contributed by atoms with E-state index in [9.17, 15) is 4.79 Å². The Morgan fingerprint density at radius 2 is 2.25 bits per heavy atom. The van der Waals surface area contributed by atoms with Crippen LogP contribution >= 0.6 is 0 Å². The molecule has 2 rings (SSSR count). The van der Waals surface area contributed by atoms with E-state index in [4.69, 9.17) is 13.9 Å². The molecule has 0 radical (unpaired) electrons. The summed E-state index contributed by atoms with van der Waals surface area (Å²) in [5.74, 6) is 0. The Morgan fingerprint density at radius 1 is 1.50 bits per heavy atom. The van der Waals surface area contributed by atoms with Crippen LogP contribution in [-0.2, 0) is 16.1 Å². The molecule has 0 saturated carbocycles. The minimum Gasteiger partial charge on any atom is -0.472 e. The van der Waals surface area contributed by atoms with E-state index in [0.717, 1.165) is 12.0 Å². The van der Waals surface area contributed by atoms with E-state index in [0.29, 0.717) is 19.7 Å². The summed E-state index contributed by atoms with van der Waals surface area (Å²) in [5, 5.41) is 0. The van der Waals surface area contributed by atoms with Gasteiger partial charge in [0, 0.05) is 12.1 Å². The fraction of sp³-hybridized carbons (Fsp3) is 0.667. The molecule has 1 atom stereocenters. The highest BCUT2D eigenvalue weighted by atomic mass is 16.6. The number of likely N-dealkylation sites (tertiary alicyclic amines) is 1. The van der Waals surface area contributed by atoms with Crippen molar-refractivity contribution < 1.29 is 18.7 Å². The number of carbonyl (C=O) groups excluding carboxylic acids is 1. The summed E-state index contributed by atoms with van der Waals surface area (Å²) in [6, 6.07) is 1.88. The molecule has 0 aromatic carbocycles. The van der Waals surface area contributed by atoms with Crippen LogP contribution < -0.4 is 0 Å². The summed E-state index contributed by atoms with van der Waals surface area (Å²) in [7, 11) is 0. The topological polar surface area (TPSA) is 51.9 Å². The van der Waals surface area contributed by atoms with Gasteiger partial charge in [0.05, 0.1) is 31.3 Å². The second-order valence-electron chi connectivity index (χ2n) is 6.52. The third-order valence-electron chi connectivity index (χ3n) is 3.25.